The largest absolute Gasteiger partial charge is 0.322 e. The predicted molar refractivity (Wildman–Crippen MR) is 155 cm³/mol. The highest BCUT2D eigenvalue weighted by atomic mass is 35.5. The van der Waals surface area contributed by atoms with Crippen molar-refractivity contribution in [3.63, 3.8) is 0 Å². The lowest BCUT2D eigenvalue weighted by molar-refractivity contribution is 0.102. The Balaban J connectivity index is 1.49. The summed E-state index contributed by atoms with van der Waals surface area (Å²) < 4.78 is 56.4. The first kappa shape index (κ1) is 28.4. The van der Waals surface area contributed by atoms with Gasteiger partial charge in [0.15, 0.2) is 0 Å². The van der Waals surface area contributed by atoms with Gasteiger partial charge in [0.1, 0.15) is 4.90 Å². The zero-order chi connectivity index (χ0) is 28.4. The van der Waals surface area contributed by atoms with Crippen LogP contribution in [0.25, 0.3) is 0 Å². The van der Waals surface area contributed by atoms with Gasteiger partial charge in [-0.3, -0.25) is 14.2 Å². The van der Waals surface area contributed by atoms with Crippen LogP contribution >= 0.6 is 23.2 Å². The van der Waals surface area contributed by atoms with Crippen LogP contribution in [0, 0.1) is 13.8 Å². The molecule has 0 saturated carbocycles. The standard InChI is InChI=1S/C27H23Cl2N3O5S2/c1-17-4-3-5-21(14-17)32-39(36,37)26-15-19(7-13-24(26)28)27(33)30-20-9-11-23(12-10-20)38(34,35)31-22-8-6-18(2)25(29)16-22/h3-16,31-32H,1-2H3,(H,30,33). The number of carbonyl (C=O) groups excluding carboxylic acids is 1. The lowest BCUT2D eigenvalue weighted by atomic mass is 10.2. The number of hydrogen-bond acceptors (Lipinski definition) is 5. The van der Waals surface area contributed by atoms with E-state index < -0.39 is 26.0 Å². The number of aryl methyl sites for hydroxylation is 2. The van der Waals surface area contributed by atoms with Gasteiger partial charge < -0.3 is 5.32 Å². The smallest absolute Gasteiger partial charge is 0.263 e. The molecule has 1 amide bonds. The highest BCUT2D eigenvalue weighted by Gasteiger charge is 2.21. The van der Waals surface area contributed by atoms with E-state index in [0.29, 0.717) is 22.1 Å². The van der Waals surface area contributed by atoms with E-state index in [1.54, 1.807) is 37.3 Å². The van der Waals surface area contributed by atoms with Gasteiger partial charge in [-0.15, -0.1) is 0 Å². The van der Waals surface area contributed by atoms with Crippen molar-refractivity contribution >= 4 is 66.2 Å². The van der Waals surface area contributed by atoms with Crippen molar-refractivity contribution in [2.75, 3.05) is 14.8 Å². The Hall–Kier alpha value is -3.57. The van der Waals surface area contributed by atoms with Gasteiger partial charge in [-0.1, -0.05) is 41.4 Å². The number of rotatable bonds is 8. The summed E-state index contributed by atoms with van der Waals surface area (Å²) in [6.45, 7) is 3.63. The summed E-state index contributed by atoms with van der Waals surface area (Å²) in [6, 6.07) is 21.0. The van der Waals surface area contributed by atoms with Crippen LogP contribution in [0.4, 0.5) is 17.1 Å². The van der Waals surface area contributed by atoms with Crippen molar-refractivity contribution in [2.24, 2.45) is 0 Å². The fourth-order valence-corrected chi connectivity index (χ4v) is 6.37. The van der Waals surface area contributed by atoms with Gasteiger partial charge in [-0.25, -0.2) is 16.8 Å². The monoisotopic (exact) mass is 603 g/mol. The highest BCUT2D eigenvalue weighted by molar-refractivity contribution is 7.93. The Morgan fingerprint density at radius 3 is 1.97 bits per heavy atom. The minimum absolute atomic E-state index is 0.0284. The van der Waals surface area contributed by atoms with E-state index in [-0.39, 0.29) is 20.4 Å². The second-order valence-electron chi connectivity index (χ2n) is 8.67. The SMILES string of the molecule is Cc1cccc(NS(=O)(=O)c2cc(C(=O)Nc3ccc(S(=O)(=O)Nc4ccc(C)c(Cl)c4)cc3)ccc2Cl)c1. The molecule has 0 aliphatic heterocycles. The summed E-state index contributed by atoms with van der Waals surface area (Å²) in [5.74, 6) is -0.610. The molecule has 8 nitrogen and oxygen atoms in total. The van der Waals surface area contributed by atoms with Crippen LogP contribution < -0.4 is 14.8 Å². The van der Waals surface area contributed by atoms with Crippen LogP contribution in [0.1, 0.15) is 21.5 Å². The molecule has 0 atom stereocenters. The Labute approximate surface area is 237 Å². The van der Waals surface area contributed by atoms with Crippen LogP contribution in [-0.2, 0) is 20.0 Å². The van der Waals surface area contributed by atoms with Gasteiger partial charge in [-0.2, -0.15) is 0 Å². The van der Waals surface area contributed by atoms with E-state index in [0.717, 1.165) is 11.1 Å². The third kappa shape index (κ3) is 6.90. The summed E-state index contributed by atoms with van der Waals surface area (Å²) in [5, 5.41) is 3.00. The van der Waals surface area contributed by atoms with Gasteiger partial charge in [0.2, 0.25) is 0 Å². The molecule has 0 fully saturated rings. The molecular weight excluding hydrogens is 581 g/mol. The molecule has 0 saturated heterocycles. The fraction of sp³-hybridized carbons (Fsp3) is 0.0741. The van der Waals surface area contributed by atoms with Gasteiger partial charge in [-0.05, 0) is 91.7 Å². The molecule has 3 N–H and O–H groups in total. The maximum absolute atomic E-state index is 13.0. The van der Waals surface area contributed by atoms with Crippen LogP contribution in [0.5, 0.6) is 0 Å². The first-order valence-corrected chi connectivity index (χ1v) is 15.2. The zero-order valence-electron chi connectivity index (χ0n) is 20.7. The van der Waals surface area contributed by atoms with E-state index in [1.165, 1.54) is 48.5 Å². The molecule has 0 aromatic heterocycles. The van der Waals surface area contributed by atoms with Gasteiger partial charge in [0, 0.05) is 22.0 Å². The molecule has 4 rings (SSSR count). The molecule has 0 aliphatic carbocycles. The molecule has 0 heterocycles. The van der Waals surface area contributed by atoms with Crippen LogP contribution in [0.3, 0.4) is 0 Å². The van der Waals surface area contributed by atoms with E-state index in [2.05, 4.69) is 14.8 Å². The minimum atomic E-state index is -4.09. The molecule has 0 unspecified atom stereocenters. The van der Waals surface area contributed by atoms with E-state index in [9.17, 15) is 21.6 Å². The molecule has 0 radical (unpaired) electrons. The molecular formula is C27H23Cl2N3O5S2. The van der Waals surface area contributed by atoms with Crippen molar-refractivity contribution < 1.29 is 21.6 Å². The summed E-state index contributed by atoms with van der Waals surface area (Å²) >= 11 is 12.2. The van der Waals surface area contributed by atoms with Crippen LogP contribution in [-0.4, -0.2) is 22.7 Å². The summed E-state index contributed by atoms with van der Waals surface area (Å²) in [4.78, 5) is 12.6. The fourth-order valence-electron chi connectivity index (χ4n) is 3.56. The predicted octanol–water partition coefficient (Wildman–Crippen LogP) is 6.46. The lowest BCUT2D eigenvalue weighted by Gasteiger charge is -2.12. The second-order valence-corrected chi connectivity index (χ2v) is 12.8. The average Bonchev–Trinajstić information content (AvgIpc) is 2.86. The lowest BCUT2D eigenvalue weighted by Crippen LogP contribution is -2.17. The number of benzene rings is 4. The Kier molecular flexibility index (Phi) is 8.22. The molecule has 0 spiro atoms. The van der Waals surface area contributed by atoms with Crippen LogP contribution in [0.15, 0.2) is 94.7 Å². The maximum Gasteiger partial charge on any atom is 0.263 e. The van der Waals surface area contributed by atoms with Gasteiger partial charge in [0.25, 0.3) is 26.0 Å². The average molecular weight is 605 g/mol. The number of hydrogen-bond donors (Lipinski definition) is 3. The number of nitrogens with one attached hydrogen (secondary N) is 3. The first-order valence-electron chi connectivity index (χ1n) is 11.4. The molecule has 0 bridgehead atoms. The third-order valence-electron chi connectivity index (χ3n) is 5.60. The van der Waals surface area contributed by atoms with E-state index in [4.69, 9.17) is 23.2 Å². The molecule has 4 aromatic rings. The van der Waals surface area contributed by atoms with Gasteiger partial charge in [0.05, 0.1) is 15.6 Å². The zero-order valence-corrected chi connectivity index (χ0v) is 23.8. The molecule has 12 heteroatoms. The Morgan fingerprint density at radius 1 is 0.667 bits per heavy atom. The van der Waals surface area contributed by atoms with Crippen molar-refractivity contribution in [1.82, 2.24) is 0 Å². The van der Waals surface area contributed by atoms with Crippen LogP contribution in [0.2, 0.25) is 10.0 Å². The number of halogens is 2. The molecule has 202 valence electrons. The number of carbonyl (C=O) groups is 1. The van der Waals surface area contributed by atoms with Crippen molar-refractivity contribution in [3.8, 4) is 0 Å². The Bertz CT molecular complexity index is 1780. The third-order valence-corrected chi connectivity index (χ3v) is 9.27. The van der Waals surface area contributed by atoms with Crippen molar-refractivity contribution in [2.45, 2.75) is 23.6 Å². The molecule has 4 aromatic carbocycles. The van der Waals surface area contributed by atoms with E-state index in [1.807, 2.05) is 13.0 Å². The van der Waals surface area contributed by atoms with Crippen molar-refractivity contribution in [1.29, 1.82) is 0 Å². The number of anilines is 3. The summed E-state index contributed by atoms with van der Waals surface area (Å²) in [6.07, 6.45) is 0. The first-order chi connectivity index (χ1) is 18.3. The quantitative estimate of drug-likeness (QED) is 0.213. The minimum Gasteiger partial charge on any atom is -0.322 e. The second kappa shape index (κ2) is 11.3. The Morgan fingerprint density at radius 2 is 1.31 bits per heavy atom. The number of amides is 1. The van der Waals surface area contributed by atoms with Gasteiger partial charge >= 0.3 is 0 Å². The number of sulfonamides is 2. The van der Waals surface area contributed by atoms with Crippen molar-refractivity contribution in [3.05, 3.63) is 112 Å². The topological polar surface area (TPSA) is 121 Å². The summed E-state index contributed by atoms with van der Waals surface area (Å²) in [7, 11) is -7.99. The molecule has 39 heavy (non-hydrogen) atoms. The highest BCUT2D eigenvalue weighted by Crippen LogP contribution is 2.27. The van der Waals surface area contributed by atoms with E-state index >= 15 is 0 Å². The molecule has 0 aliphatic rings. The normalized spacial score (nSPS) is 11.6. The summed E-state index contributed by atoms with van der Waals surface area (Å²) in [5.41, 5.74) is 2.69. The maximum atomic E-state index is 13.0.